The molecular formula is C10H7Br2FN2O. The lowest BCUT2D eigenvalue weighted by molar-refractivity contribution is 0.493. The molecule has 0 saturated carbocycles. The summed E-state index contributed by atoms with van der Waals surface area (Å²) in [5, 5.41) is 2.96. The number of furan rings is 1. The zero-order valence-electron chi connectivity index (χ0n) is 8.01. The molecule has 0 fully saturated rings. The highest BCUT2D eigenvalue weighted by Gasteiger charge is 2.05. The fourth-order valence-electron chi connectivity index (χ4n) is 1.16. The Kier molecular flexibility index (Phi) is 3.60. The Hall–Kier alpha value is -0.880. The molecule has 0 aliphatic carbocycles. The number of hydrogen-bond donors (Lipinski definition) is 1. The highest BCUT2D eigenvalue weighted by molar-refractivity contribution is 9.13. The van der Waals surface area contributed by atoms with Crippen LogP contribution >= 0.6 is 31.9 Å². The second-order valence-electron chi connectivity index (χ2n) is 3.03. The van der Waals surface area contributed by atoms with Gasteiger partial charge >= 0.3 is 0 Å². The molecule has 2 rings (SSSR count). The van der Waals surface area contributed by atoms with Crippen LogP contribution in [-0.4, -0.2) is 4.98 Å². The summed E-state index contributed by atoms with van der Waals surface area (Å²) in [5.41, 5.74) is 0. The molecule has 0 aliphatic rings. The van der Waals surface area contributed by atoms with Crippen molar-refractivity contribution in [2.45, 2.75) is 6.54 Å². The van der Waals surface area contributed by atoms with E-state index in [1.54, 1.807) is 12.1 Å². The SMILES string of the molecule is Fc1cccc(NCc2cc(Br)c(Br)o2)n1. The number of nitrogens with zero attached hydrogens (tertiary/aromatic N) is 1. The van der Waals surface area contributed by atoms with Crippen LogP contribution in [0, 0.1) is 5.95 Å². The minimum absolute atomic E-state index is 0.445. The van der Waals surface area contributed by atoms with Crippen molar-refractivity contribution in [2.75, 3.05) is 5.32 Å². The van der Waals surface area contributed by atoms with E-state index in [9.17, 15) is 4.39 Å². The van der Waals surface area contributed by atoms with Gasteiger partial charge in [-0.05, 0) is 50.1 Å². The van der Waals surface area contributed by atoms with Gasteiger partial charge in [-0.1, -0.05) is 6.07 Å². The Bertz CT molecular complexity index is 482. The van der Waals surface area contributed by atoms with Crippen LogP contribution < -0.4 is 5.32 Å². The van der Waals surface area contributed by atoms with E-state index in [1.165, 1.54) is 6.07 Å². The highest BCUT2D eigenvalue weighted by atomic mass is 79.9. The molecule has 0 aliphatic heterocycles. The van der Waals surface area contributed by atoms with Gasteiger partial charge in [-0.15, -0.1) is 0 Å². The molecule has 2 aromatic rings. The van der Waals surface area contributed by atoms with Crippen molar-refractivity contribution in [3.8, 4) is 0 Å². The number of rotatable bonds is 3. The molecule has 0 bridgehead atoms. The third-order valence-electron chi connectivity index (χ3n) is 1.86. The van der Waals surface area contributed by atoms with Crippen molar-refractivity contribution in [2.24, 2.45) is 0 Å². The molecule has 0 unspecified atom stereocenters. The molecule has 2 heterocycles. The molecule has 0 amide bonds. The largest absolute Gasteiger partial charge is 0.451 e. The van der Waals surface area contributed by atoms with Crippen LogP contribution in [0.5, 0.6) is 0 Å². The molecule has 0 atom stereocenters. The van der Waals surface area contributed by atoms with E-state index in [1.807, 2.05) is 6.07 Å². The molecule has 0 radical (unpaired) electrons. The summed E-state index contributed by atoms with van der Waals surface area (Å²) < 4.78 is 19.6. The first-order valence-electron chi connectivity index (χ1n) is 4.45. The predicted octanol–water partition coefficient (Wildman–Crippen LogP) is 3.95. The van der Waals surface area contributed by atoms with E-state index < -0.39 is 5.95 Å². The van der Waals surface area contributed by atoms with E-state index in [4.69, 9.17) is 4.42 Å². The molecule has 2 aromatic heterocycles. The first-order chi connectivity index (χ1) is 7.65. The molecule has 6 heteroatoms. The minimum atomic E-state index is -0.508. The van der Waals surface area contributed by atoms with Gasteiger partial charge in [0.05, 0.1) is 11.0 Å². The minimum Gasteiger partial charge on any atom is -0.451 e. The third kappa shape index (κ3) is 2.82. The Morgan fingerprint density at radius 1 is 1.38 bits per heavy atom. The molecule has 3 nitrogen and oxygen atoms in total. The summed E-state index contributed by atoms with van der Waals surface area (Å²) in [4.78, 5) is 3.67. The summed E-state index contributed by atoms with van der Waals surface area (Å²) in [5.74, 6) is 0.695. The fourth-order valence-corrected chi connectivity index (χ4v) is 1.82. The van der Waals surface area contributed by atoms with Crippen LogP contribution in [0.15, 0.2) is 37.8 Å². The summed E-state index contributed by atoms with van der Waals surface area (Å²) in [7, 11) is 0. The van der Waals surface area contributed by atoms with Crippen molar-refractivity contribution in [3.05, 3.63) is 45.1 Å². The molecule has 0 aromatic carbocycles. The lowest BCUT2D eigenvalue weighted by Gasteiger charge is -2.02. The number of pyridine rings is 1. The lowest BCUT2D eigenvalue weighted by atomic mass is 10.4. The van der Waals surface area contributed by atoms with E-state index in [-0.39, 0.29) is 0 Å². The van der Waals surface area contributed by atoms with E-state index in [0.29, 0.717) is 17.0 Å². The maximum atomic E-state index is 12.8. The van der Waals surface area contributed by atoms with Gasteiger partial charge in [-0.3, -0.25) is 0 Å². The van der Waals surface area contributed by atoms with Crippen LogP contribution in [0.2, 0.25) is 0 Å². The van der Waals surface area contributed by atoms with Gasteiger partial charge in [0.2, 0.25) is 5.95 Å². The van der Waals surface area contributed by atoms with Crippen molar-refractivity contribution >= 4 is 37.7 Å². The van der Waals surface area contributed by atoms with Crippen LogP contribution in [0.3, 0.4) is 0 Å². The fraction of sp³-hybridized carbons (Fsp3) is 0.100. The smallest absolute Gasteiger partial charge is 0.214 e. The van der Waals surface area contributed by atoms with E-state index in [0.717, 1.165) is 10.2 Å². The van der Waals surface area contributed by atoms with Crippen molar-refractivity contribution in [3.63, 3.8) is 0 Å². The second-order valence-corrected chi connectivity index (χ2v) is 4.61. The maximum Gasteiger partial charge on any atom is 0.214 e. The lowest BCUT2D eigenvalue weighted by Crippen LogP contribution is -2.00. The molecular weight excluding hydrogens is 343 g/mol. The summed E-state index contributed by atoms with van der Waals surface area (Å²) in [6, 6.07) is 6.41. The van der Waals surface area contributed by atoms with Gasteiger partial charge in [0.1, 0.15) is 11.6 Å². The Labute approximate surface area is 108 Å². The first-order valence-corrected chi connectivity index (χ1v) is 6.04. The molecule has 84 valence electrons. The zero-order chi connectivity index (χ0) is 11.5. The van der Waals surface area contributed by atoms with Gasteiger partial charge < -0.3 is 9.73 Å². The average molecular weight is 350 g/mol. The Morgan fingerprint density at radius 3 is 2.81 bits per heavy atom. The van der Waals surface area contributed by atoms with Gasteiger partial charge in [-0.25, -0.2) is 4.98 Å². The maximum absolute atomic E-state index is 12.8. The van der Waals surface area contributed by atoms with Crippen LogP contribution in [-0.2, 0) is 6.54 Å². The monoisotopic (exact) mass is 348 g/mol. The van der Waals surface area contributed by atoms with Gasteiger partial charge in [-0.2, -0.15) is 4.39 Å². The van der Waals surface area contributed by atoms with Gasteiger partial charge in [0.25, 0.3) is 0 Å². The zero-order valence-corrected chi connectivity index (χ0v) is 11.2. The van der Waals surface area contributed by atoms with E-state index >= 15 is 0 Å². The molecule has 16 heavy (non-hydrogen) atoms. The quantitative estimate of drug-likeness (QED) is 0.852. The molecule has 1 N–H and O–H groups in total. The van der Waals surface area contributed by atoms with Crippen LogP contribution in [0.25, 0.3) is 0 Å². The molecule has 0 saturated heterocycles. The summed E-state index contributed by atoms with van der Waals surface area (Å²) >= 11 is 6.55. The standard InChI is InChI=1S/C10H7Br2FN2O/c11-7-4-6(16-10(7)12)5-14-9-3-1-2-8(13)15-9/h1-4H,5H2,(H,14,15). The van der Waals surface area contributed by atoms with Gasteiger partial charge in [0.15, 0.2) is 4.67 Å². The van der Waals surface area contributed by atoms with Crippen molar-refractivity contribution in [1.29, 1.82) is 0 Å². The predicted molar refractivity (Wildman–Crippen MR) is 65.6 cm³/mol. The summed E-state index contributed by atoms with van der Waals surface area (Å²) in [6.45, 7) is 0.445. The second kappa shape index (κ2) is 4.97. The number of aromatic nitrogens is 1. The topological polar surface area (TPSA) is 38.1 Å². The summed E-state index contributed by atoms with van der Waals surface area (Å²) in [6.07, 6.45) is 0. The third-order valence-corrected chi connectivity index (χ3v) is 3.57. The first kappa shape index (κ1) is 11.6. The van der Waals surface area contributed by atoms with Crippen LogP contribution in [0.1, 0.15) is 5.76 Å². The number of halogens is 3. The highest BCUT2D eigenvalue weighted by Crippen LogP contribution is 2.26. The van der Waals surface area contributed by atoms with Gasteiger partial charge in [0, 0.05) is 0 Å². The Balaban J connectivity index is 2.02. The molecule has 0 spiro atoms. The normalized spacial score (nSPS) is 10.4. The van der Waals surface area contributed by atoms with E-state index in [2.05, 4.69) is 42.2 Å². The number of nitrogens with one attached hydrogen (secondary N) is 1. The average Bonchev–Trinajstić information content (AvgIpc) is 2.56. The van der Waals surface area contributed by atoms with Crippen molar-refractivity contribution in [1.82, 2.24) is 4.98 Å². The Morgan fingerprint density at radius 2 is 2.19 bits per heavy atom. The number of hydrogen-bond acceptors (Lipinski definition) is 3. The number of anilines is 1. The van der Waals surface area contributed by atoms with Crippen LogP contribution in [0.4, 0.5) is 10.2 Å². The van der Waals surface area contributed by atoms with Crippen molar-refractivity contribution < 1.29 is 8.81 Å².